The molecule has 1 fully saturated rings. The standard InChI is InChI=1S/C17H33N3O4/c1-17(2,3)24-16(22)19-9-7-5-6-8-10-20-11-12-23-14(13-20)15(21)18-4/h14H,5-13H2,1-4H3,(H,18,21)(H,19,22)/t14-/m0/s1. The van der Waals surface area contributed by atoms with Gasteiger partial charge in [-0.15, -0.1) is 0 Å². The van der Waals surface area contributed by atoms with Gasteiger partial charge in [0.1, 0.15) is 11.7 Å². The predicted octanol–water partition coefficient (Wildman–Crippen LogP) is 1.52. The molecule has 0 unspecified atom stereocenters. The normalized spacial score (nSPS) is 18.9. The van der Waals surface area contributed by atoms with Gasteiger partial charge in [-0.1, -0.05) is 12.8 Å². The van der Waals surface area contributed by atoms with Gasteiger partial charge in [0.25, 0.3) is 0 Å². The summed E-state index contributed by atoms with van der Waals surface area (Å²) in [6.45, 7) is 9.35. The van der Waals surface area contributed by atoms with Gasteiger partial charge in [-0.25, -0.2) is 4.79 Å². The molecular formula is C17H33N3O4. The molecule has 1 aliphatic heterocycles. The quantitative estimate of drug-likeness (QED) is 0.653. The highest BCUT2D eigenvalue weighted by atomic mass is 16.6. The van der Waals surface area contributed by atoms with Crippen molar-refractivity contribution in [2.24, 2.45) is 0 Å². The third-order valence-corrected chi connectivity index (χ3v) is 3.76. The highest BCUT2D eigenvalue weighted by Crippen LogP contribution is 2.09. The molecule has 0 saturated carbocycles. The van der Waals surface area contributed by atoms with E-state index in [9.17, 15) is 9.59 Å². The Morgan fingerprint density at radius 3 is 2.58 bits per heavy atom. The molecule has 0 bridgehead atoms. The summed E-state index contributed by atoms with van der Waals surface area (Å²) in [6.07, 6.45) is 3.52. The Morgan fingerprint density at radius 1 is 1.21 bits per heavy atom. The van der Waals surface area contributed by atoms with E-state index in [1.807, 2.05) is 20.8 Å². The Morgan fingerprint density at radius 2 is 1.92 bits per heavy atom. The summed E-state index contributed by atoms with van der Waals surface area (Å²) in [6, 6.07) is 0. The zero-order chi connectivity index (χ0) is 18.0. The lowest BCUT2D eigenvalue weighted by Gasteiger charge is -2.31. The second-order valence-electron chi connectivity index (χ2n) is 7.12. The van der Waals surface area contributed by atoms with E-state index in [-0.39, 0.29) is 18.1 Å². The number of hydrogen-bond donors (Lipinski definition) is 2. The summed E-state index contributed by atoms with van der Waals surface area (Å²) >= 11 is 0. The van der Waals surface area contributed by atoms with Crippen LogP contribution in [0.15, 0.2) is 0 Å². The van der Waals surface area contributed by atoms with Gasteiger partial charge < -0.3 is 20.1 Å². The number of carbonyl (C=O) groups excluding carboxylic acids is 2. The van der Waals surface area contributed by atoms with Crippen LogP contribution in [0.4, 0.5) is 4.79 Å². The van der Waals surface area contributed by atoms with Crippen LogP contribution in [0.5, 0.6) is 0 Å². The number of rotatable bonds is 8. The number of alkyl carbamates (subject to hydrolysis) is 1. The maximum atomic E-state index is 11.6. The minimum atomic E-state index is -0.450. The first-order chi connectivity index (χ1) is 11.3. The van der Waals surface area contributed by atoms with Crippen molar-refractivity contribution in [3.63, 3.8) is 0 Å². The molecule has 0 aromatic heterocycles. The molecule has 1 atom stereocenters. The molecule has 0 radical (unpaired) electrons. The Bertz CT molecular complexity index is 396. The Kier molecular flexibility index (Phi) is 9.07. The van der Waals surface area contributed by atoms with E-state index in [1.165, 1.54) is 0 Å². The number of unbranched alkanes of at least 4 members (excludes halogenated alkanes) is 3. The number of ether oxygens (including phenoxy) is 2. The molecule has 1 rings (SSSR count). The molecule has 1 saturated heterocycles. The van der Waals surface area contributed by atoms with Crippen LogP contribution in [0.1, 0.15) is 46.5 Å². The molecule has 0 aliphatic carbocycles. The Balaban J connectivity index is 2.02. The van der Waals surface area contributed by atoms with Crippen LogP contribution in [0, 0.1) is 0 Å². The number of hydrogen-bond acceptors (Lipinski definition) is 5. The zero-order valence-electron chi connectivity index (χ0n) is 15.5. The van der Waals surface area contributed by atoms with E-state index in [0.29, 0.717) is 19.7 Å². The largest absolute Gasteiger partial charge is 0.444 e. The van der Waals surface area contributed by atoms with E-state index < -0.39 is 5.60 Å². The monoisotopic (exact) mass is 343 g/mol. The van der Waals surface area contributed by atoms with Crippen molar-refractivity contribution < 1.29 is 19.1 Å². The number of nitrogens with one attached hydrogen (secondary N) is 2. The van der Waals surface area contributed by atoms with Gasteiger partial charge in [0.2, 0.25) is 5.91 Å². The van der Waals surface area contributed by atoms with Crippen LogP contribution in [0.25, 0.3) is 0 Å². The molecule has 24 heavy (non-hydrogen) atoms. The van der Waals surface area contributed by atoms with Gasteiger partial charge in [-0.2, -0.15) is 0 Å². The molecule has 2 N–H and O–H groups in total. The maximum absolute atomic E-state index is 11.6. The smallest absolute Gasteiger partial charge is 0.407 e. The van der Waals surface area contributed by atoms with E-state index in [1.54, 1.807) is 7.05 Å². The van der Waals surface area contributed by atoms with Gasteiger partial charge >= 0.3 is 6.09 Å². The summed E-state index contributed by atoms with van der Waals surface area (Å²) in [5.41, 5.74) is -0.450. The van der Waals surface area contributed by atoms with Crippen molar-refractivity contribution in [2.75, 3.05) is 39.8 Å². The number of amides is 2. The van der Waals surface area contributed by atoms with Crippen molar-refractivity contribution in [2.45, 2.75) is 58.2 Å². The molecule has 0 spiro atoms. The summed E-state index contributed by atoms with van der Waals surface area (Å²) in [5.74, 6) is -0.0482. The highest BCUT2D eigenvalue weighted by Gasteiger charge is 2.25. The molecule has 140 valence electrons. The van der Waals surface area contributed by atoms with Crippen LogP contribution >= 0.6 is 0 Å². The van der Waals surface area contributed by atoms with Crippen molar-refractivity contribution in [1.29, 1.82) is 0 Å². The summed E-state index contributed by atoms with van der Waals surface area (Å²) in [4.78, 5) is 25.4. The average Bonchev–Trinajstić information content (AvgIpc) is 2.51. The zero-order valence-corrected chi connectivity index (χ0v) is 15.5. The van der Waals surface area contributed by atoms with E-state index in [0.717, 1.165) is 38.8 Å². The fourth-order valence-corrected chi connectivity index (χ4v) is 2.54. The lowest BCUT2D eigenvalue weighted by atomic mass is 10.1. The van der Waals surface area contributed by atoms with Gasteiger partial charge in [0.05, 0.1) is 6.61 Å². The minimum Gasteiger partial charge on any atom is -0.444 e. The van der Waals surface area contributed by atoms with E-state index in [4.69, 9.17) is 9.47 Å². The molecule has 7 heteroatoms. The summed E-state index contributed by atoms with van der Waals surface area (Å²) < 4.78 is 10.7. The van der Waals surface area contributed by atoms with Crippen LogP contribution in [-0.2, 0) is 14.3 Å². The Labute approximate surface area is 145 Å². The van der Waals surface area contributed by atoms with Crippen molar-refractivity contribution in [3.05, 3.63) is 0 Å². The van der Waals surface area contributed by atoms with Crippen LogP contribution in [0.2, 0.25) is 0 Å². The van der Waals surface area contributed by atoms with Gasteiger partial charge in [-0.3, -0.25) is 9.69 Å². The lowest BCUT2D eigenvalue weighted by molar-refractivity contribution is -0.138. The molecule has 1 heterocycles. The van der Waals surface area contributed by atoms with Crippen LogP contribution in [-0.4, -0.2) is 68.4 Å². The first-order valence-electron chi connectivity index (χ1n) is 8.84. The second-order valence-corrected chi connectivity index (χ2v) is 7.12. The molecule has 7 nitrogen and oxygen atoms in total. The first kappa shape index (κ1) is 20.7. The van der Waals surface area contributed by atoms with Gasteiger partial charge in [-0.05, 0) is 40.2 Å². The number of likely N-dealkylation sites (N-methyl/N-ethyl adjacent to an activating group) is 1. The average molecular weight is 343 g/mol. The second kappa shape index (κ2) is 10.5. The molecule has 0 aromatic rings. The van der Waals surface area contributed by atoms with Gasteiger partial charge in [0.15, 0.2) is 0 Å². The third-order valence-electron chi connectivity index (χ3n) is 3.76. The summed E-state index contributed by atoms with van der Waals surface area (Å²) in [7, 11) is 1.63. The van der Waals surface area contributed by atoms with Crippen LogP contribution in [0.3, 0.4) is 0 Å². The SMILES string of the molecule is CNC(=O)[C@@H]1CN(CCCCCCNC(=O)OC(C)(C)C)CCO1. The molecular weight excluding hydrogens is 310 g/mol. The molecule has 0 aromatic carbocycles. The van der Waals surface area contributed by atoms with E-state index in [2.05, 4.69) is 15.5 Å². The Hall–Kier alpha value is -1.34. The maximum Gasteiger partial charge on any atom is 0.407 e. The van der Waals surface area contributed by atoms with Crippen LogP contribution < -0.4 is 10.6 Å². The number of nitrogens with zero attached hydrogens (tertiary/aromatic N) is 1. The topological polar surface area (TPSA) is 79.9 Å². The third kappa shape index (κ3) is 9.08. The predicted molar refractivity (Wildman–Crippen MR) is 93.0 cm³/mol. The fraction of sp³-hybridized carbons (Fsp3) is 0.882. The van der Waals surface area contributed by atoms with E-state index >= 15 is 0 Å². The lowest BCUT2D eigenvalue weighted by Crippen LogP contribution is -2.49. The van der Waals surface area contributed by atoms with Crippen molar-refractivity contribution >= 4 is 12.0 Å². The van der Waals surface area contributed by atoms with Crippen molar-refractivity contribution in [3.8, 4) is 0 Å². The minimum absolute atomic E-state index is 0.0482. The first-order valence-corrected chi connectivity index (χ1v) is 8.84. The summed E-state index contributed by atoms with van der Waals surface area (Å²) in [5, 5.41) is 5.41. The molecule has 2 amide bonds. The van der Waals surface area contributed by atoms with Crippen molar-refractivity contribution in [1.82, 2.24) is 15.5 Å². The number of carbonyl (C=O) groups is 2. The van der Waals surface area contributed by atoms with Gasteiger partial charge in [0, 0.05) is 26.7 Å². The fourth-order valence-electron chi connectivity index (χ4n) is 2.54. The number of morpholine rings is 1. The highest BCUT2D eigenvalue weighted by molar-refractivity contribution is 5.80. The molecule has 1 aliphatic rings.